The van der Waals surface area contributed by atoms with Crippen LogP contribution >= 0.6 is 11.6 Å². The number of carbonyl (C=O) groups excluding carboxylic acids is 1. The summed E-state index contributed by atoms with van der Waals surface area (Å²) in [6.07, 6.45) is -6.16. The molecule has 0 saturated carbocycles. The highest BCUT2D eigenvalue weighted by Crippen LogP contribution is 2.21. The van der Waals surface area contributed by atoms with E-state index in [0.29, 0.717) is 9.59 Å². The zero-order valence-electron chi connectivity index (χ0n) is 15.3. The lowest BCUT2D eigenvalue weighted by atomic mass is 10.2. The van der Waals surface area contributed by atoms with Crippen LogP contribution in [0.4, 0.5) is 13.2 Å². The predicted molar refractivity (Wildman–Crippen MR) is 97.9 cm³/mol. The van der Waals surface area contributed by atoms with Crippen LogP contribution in [0.1, 0.15) is 24.7 Å². The molecule has 160 valence electrons. The first-order valence-corrected chi connectivity index (χ1v) is 8.77. The molecule has 10 nitrogen and oxygen atoms in total. The summed E-state index contributed by atoms with van der Waals surface area (Å²) >= 11 is 5.82. The zero-order chi connectivity index (χ0) is 22.2. The average Bonchev–Trinajstić information content (AvgIpc) is 3.16. The second kappa shape index (κ2) is 7.91. The number of Topliss-reactive ketones (excluding diaryl/α,β-unsaturated/α-hetero) is 1. The van der Waals surface area contributed by atoms with E-state index in [2.05, 4.69) is 15.2 Å². The number of aliphatic hydroxyl groups is 1. The van der Waals surface area contributed by atoms with Gasteiger partial charge in [0, 0.05) is 10.6 Å². The summed E-state index contributed by atoms with van der Waals surface area (Å²) in [5.41, 5.74) is -0.711. The number of aromatic nitrogens is 6. The van der Waals surface area contributed by atoms with E-state index in [4.69, 9.17) is 17.4 Å². The minimum Gasteiger partial charge on any atom is -0.385 e. The predicted octanol–water partition coefficient (Wildman–Crippen LogP) is 0.903. The Morgan fingerprint density at radius 2 is 1.90 bits per heavy atom. The topological polar surface area (TPSA) is 134 Å². The van der Waals surface area contributed by atoms with Crippen LogP contribution in [0.3, 0.4) is 0 Å². The van der Waals surface area contributed by atoms with Crippen molar-refractivity contribution in [2.75, 3.05) is 5.84 Å². The highest BCUT2D eigenvalue weighted by molar-refractivity contribution is 6.30. The minimum atomic E-state index is -5.12. The Morgan fingerprint density at radius 1 is 1.27 bits per heavy atom. The monoisotopic (exact) mass is 445 g/mol. The van der Waals surface area contributed by atoms with Crippen molar-refractivity contribution in [1.82, 2.24) is 29.2 Å². The summed E-state index contributed by atoms with van der Waals surface area (Å²) in [5.74, 6) is 3.30. The van der Waals surface area contributed by atoms with Crippen LogP contribution in [0.25, 0.3) is 11.4 Å². The van der Waals surface area contributed by atoms with Crippen molar-refractivity contribution in [3.8, 4) is 11.4 Å². The second-order valence-electron chi connectivity index (χ2n) is 6.28. The Morgan fingerprint density at radius 3 is 2.43 bits per heavy atom. The number of alkyl halides is 3. The molecule has 30 heavy (non-hydrogen) atoms. The van der Waals surface area contributed by atoms with E-state index < -0.39 is 30.3 Å². The van der Waals surface area contributed by atoms with Gasteiger partial charge in [0.15, 0.2) is 17.5 Å². The molecule has 0 amide bonds. The van der Waals surface area contributed by atoms with Crippen molar-refractivity contribution in [3.63, 3.8) is 0 Å². The summed E-state index contributed by atoms with van der Waals surface area (Å²) in [7, 11) is 0. The number of hydrogen-bond acceptors (Lipinski definition) is 7. The molecule has 0 radical (unpaired) electrons. The molecule has 2 heterocycles. The van der Waals surface area contributed by atoms with Crippen molar-refractivity contribution < 1.29 is 23.1 Å². The molecule has 14 heteroatoms. The van der Waals surface area contributed by atoms with E-state index in [0.717, 1.165) is 9.47 Å². The maximum Gasteiger partial charge on any atom is 0.451 e. The Kier molecular flexibility index (Phi) is 5.67. The number of halogens is 4. The van der Waals surface area contributed by atoms with Gasteiger partial charge < -0.3 is 10.9 Å². The fraction of sp³-hybridized carbons (Fsp3) is 0.312. The second-order valence-corrected chi connectivity index (χ2v) is 6.72. The molecule has 3 aromatic rings. The molecule has 3 N–H and O–H groups in total. The third kappa shape index (κ3) is 4.36. The van der Waals surface area contributed by atoms with Crippen LogP contribution in [-0.2, 0) is 17.9 Å². The van der Waals surface area contributed by atoms with Crippen LogP contribution in [0, 0.1) is 0 Å². The van der Waals surface area contributed by atoms with E-state index in [1.54, 1.807) is 0 Å². The van der Waals surface area contributed by atoms with Gasteiger partial charge in [0.25, 0.3) is 5.78 Å². The molecule has 3 rings (SSSR count). The van der Waals surface area contributed by atoms with E-state index >= 15 is 0 Å². The first-order chi connectivity index (χ1) is 14.0. The molecule has 0 saturated heterocycles. The van der Waals surface area contributed by atoms with Crippen molar-refractivity contribution in [1.29, 1.82) is 0 Å². The normalized spacial score (nSPS) is 12.9. The third-order valence-electron chi connectivity index (χ3n) is 4.01. The third-order valence-corrected chi connectivity index (χ3v) is 4.26. The molecule has 1 unspecified atom stereocenters. The summed E-state index contributed by atoms with van der Waals surface area (Å²) in [4.78, 5) is 29.0. The number of nitrogen functional groups attached to an aromatic ring is 1. The first-order valence-electron chi connectivity index (χ1n) is 8.40. The average molecular weight is 446 g/mol. The molecule has 0 bridgehead atoms. The van der Waals surface area contributed by atoms with Crippen molar-refractivity contribution in [2.24, 2.45) is 0 Å². The van der Waals surface area contributed by atoms with Gasteiger partial charge in [-0.2, -0.15) is 18.0 Å². The van der Waals surface area contributed by atoms with Crippen molar-refractivity contribution >= 4 is 17.4 Å². The number of aliphatic hydroxyl groups excluding tert-OH is 1. The highest BCUT2D eigenvalue weighted by atomic mass is 35.5. The molecule has 1 atom stereocenters. The number of carbonyl (C=O) groups is 1. The lowest BCUT2D eigenvalue weighted by molar-refractivity contribution is -0.171. The quantitative estimate of drug-likeness (QED) is 0.538. The Labute approximate surface area is 171 Å². The number of nitrogens with two attached hydrogens (primary N) is 1. The lowest BCUT2D eigenvalue weighted by Crippen LogP contribution is -2.33. The number of nitrogens with zero attached hydrogens (tertiary/aromatic N) is 6. The Hall–Kier alpha value is -3.19. The van der Waals surface area contributed by atoms with Crippen LogP contribution < -0.4 is 11.5 Å². The molecule has 0 aliphatic heterocycles. The van der Waals surface area contributed by atoms with E-state index in [9.17, 15) is 27.9 Å². The molecule has 0 spiro atoms. The summed E-state index contributed by atoms with van der Waals surface area (Å²) < 4.78 is 39.7. The maximum absolute atomic E-state index is 12.8. The Balaban J connectivity index is 2.05. The maximum atomic E-state index is 12.8. The van der Waals surface area contributed by atoms with Gasteiger partial charge in [-0.05, 0) is 31.2 Å². The number of benzene rings is 1. The standard InChI is InChI=1S/C16H15ClF3N7O3/c1-8(28)13-22-12(23-27(13)21)7-26-15(30)25(6-11(29)16(18,19)20)14(24-26)9-2-4-10(17)5-3-9/h2-5,8,28H,6-7,21H2,1H3. The fourth-order valence-corrected chi connectivity index (χ4v) is 2.73. The SMILES string of the molecule is CC(O)c1nc(Cn2nc(-c3ccc(Cl)cc3)n(CC(=O)C(F)(F)F)c2=O)nn1N. The van der Waals surface area contributed by atoms with Crippen LogP contribution in [0.2, 0.25) is 5.02 Å². The van der Waals surface area contributed by atoms with Crippen LogP contribution in [0.15, 0.2) is 29.1 Å². The molecule has 1 aromatic carbocycles. The van der Waals surface area contributed by atoms with E-state index in [1.165, 1.54) is 31.2 Å². The largest absolute Gasteiger partial charge is 0.451 e. The summed E-state index contributed by atoms with van der Waals surface area (Å²) in [5, 5.41) is 17.8. The molecule has 2 aromatic heterocycles. The lowest BCUT2D eigenvalue weighted by Gasteiger charge is -2.07. The van der Waals surface area contributed by atoms with Gasteiger partial charge in [0.1, 0.15) is 12.6 Å². The van der Waals surface area contributed by atoms with Crippen molar-refractivity contribution in [2.45, 2.75) is 32.3 Å². The smallest absolute Gasteiger partial charge is 0.385 e. The summed E-state index contributed by atoms with van der Waals surface area (Å²) in [6.45, 7) is -0.200. The molecule has 0 fully saturated rings. The fourth-order valence-electron chi connectivity index (χ4n) is 2.60. The summed E-state index contributed by atoms with van der Waals surface area (Å²) in [6, 6.07) is 5.81. The molecule has 0 aliphatic rings. The van der Waals surface area contributed by atoms with Gasteiger partial charge in [-0.3, -0.25) is 9.36 Å². The van der Waals surface area contributed by atoms with Gasteiger partial charge in [0.05, 0.1) is 6.54 Å². The number of hydrogen-bond donors (Lipinski definition) is 2. The van der Waals surface area contributed by atoms with E-state index in [1.807, 2.05) is 0 Å². The van der Waals surface area contributed by atoms with Gasteiger partial charge in [0.2, 0.25) is 0 Å². The number of rotatable bonds is 6. The van der Waals surface area contributed by atoms with E-state index in [-0.39, 0.29) is 29.6 Å². The minimum absolute atomic E-state index is 0.00930. The Bertz CT molecular complexity index is 1130. The first kappa shape index (κ1) is 21.5. The molecule has 0 aliphatic carbocycles. The zero-order valence-corrected chi connectivity index (χ0v) is 16.1. The highest BCUT2D eigenvalue weighted by Gasteiger charge is 2.39. The van der Waals surface area contributed by atoms with Gasteiger partial charge in [-0.15, -0.1) is 10.2 Å². The number of ketones is 1. The van der Waals surface area contributed by atoms with Crippen molar-refractivity contribution in [3.05, 3.63) is 51.4 Å². The van der Waals surface area contributed by atoms with Crippen LogP contribution in [-0.4, -0.2) is 46.3 Å². The molecular weight excluding hydrogens is 431 g/mol. The van der Waals surface area contributed by atoms with Crippen LogP contribution in [0.5, 0.6) is 0 Å². The molecular formula is C16H15ClF3N7O3. The van der Waals surface area contributed by atoms with Gasteiger partial charge >= 0.3 is 11.9 Å². The van der Waals surface area contributed by atoms with Gasteiger partial charge in [-0.1, -0.05) is 11.6 Å². The van der Waals surface area contributed by atoms with Gasteiger partial charge in [-0.25, -0.2) is 14.5 Å².